The number of carbonyl (C=O) groups is 2. The van der Waals surface area contributed by atoms with Crippen LogP contribution in [0.2, 0.25) is 0 Å². The van der Waals surface area contributed by atoms with Gasteiger partial charge in [-0.05, 0) is 67.9 Å². The van der Waals surface area contributed by atoms with Crippen LogP contribution < -0.4 is 14.2 Å². The van der Waals surface area contributed by atoms with Gasteiger partial charge in [-0.15, -0.1) is 0 Å². The second-order valence-electron chi connectivity index (χ2n) is 9.66. The number of aliphatic carboxylic acids is 1. The van der Waals surface area contributed by atoms with E-state index < -0.39 is 24.6 Å². The SMILES string of the molecule is COc1ccc(OC(=O)N(CC(=O)O)[C@H](C)c2ccc(OC/C=C/C(C)c3nc(-c4ccccc4)oc3C)cc2)cc1. The molecule has 0 aliphatic heterocycles. The first-order chi connectivity index (χ1) is 20.2. The lowest BCUT2D eigenvalue weighted by Gasteiger charge is -2.27. The van der Waals surface area contributed by atoms with Crippen molar-refractivity contribution in [2.24, 2.45) is 0 Å². The van der Waals surface area contributed by atoms with Crippen molar-refractivity contribution < 1.29 is 33.3 Å². The molecule has 2 atom stereocenters. The van der Waals surface area contributed by atoms with Gasteiger partial charge in [-0.25, -0.2) is 9.78 Å². The van der Waals surface area contributed by atoms with Crippen LogP contribution in [0.4, 0.5) is 4.79 Å². The molecular formula is C33H34N2O7. The largest absolute Gasteiger partial charge is 0.497 e. The van der Waals surface area contributed by atoms with E-state index in [0.717, 1.165) is 27.5 Å². The van der Waals surface area contributed by atoms with Crippen LogP contribution in [0.3, 0.4) is 0 Å². The number of nitrogens with zero attached hydrogens (tertiary/aromatic N) is 2. The van der Waals surface area contributed by atoms with E-state index in [2.05, 4.69) is 11.9 Å². The lowest BCUT2D eigenvalue weighted by molar-refractivity contribution is -0.138. The Balaban J connectivity index is 1.34. The molecule has 4 aromatic rings. The first-order valence-electron chi connectivity index (χ1n) is 13.5. The zero-order chi connectivity index (χ0) is 30.1. The number of benzene rings is 3. The fraction of sp³-hybridized carbons (Fsp3) is 0.242. The highest BCUT2D eigenvalue weighted by Crippen LogP contribution is 2.27. The summed E-state index contributed by atoms with van der Waals surface area (Å²) < 4.78 is 22.3. The molecular weight excluding hydrogens is 536 g/mol. The number of aromatic nitrogens is 1. The summed E-state index contributed by atoms with van der Waals surface area (Å²) >= 11 is 0. The number of carbonyl (C=O) groups excluding carboxylic acids is 1. The van der Waals surface area contributed by atoms with Crippen molar-refractivity contribution in [1.82, 2.24) is 9.88 Å². The number of ether oxygens (including phenoxy) is 3. The van der Waals surface area contributed by atoms with Gasteiger partial charge in [-0.2, -0.15) is 0 Å². The minimum absolute atomic E-state index is 0.0379. The highest BCUT2D eigenvalue weighted by molar-refractivity contribution is 5.78. The number of methoxy groups -OCH3 is 1. The van der Waals surface area contributed by atoms with Crippen LogP contribution >= 0.6 is 0 Å². The van der Waals surface area contributed by atoms with Crippen LogP contribution in [0.1, 0.15) is 42.8 Å². The summed E-state index contributed by atoms with van der Waals surface area (Å²) in [6.07, 6.45) is 3.18. The van der Waals surface area contributed by atoms with Gasteiger partial charge in [0.15, 0.2) is 0 Å². The van der Waals surface area contributed by atoms with Crippen molar-refractivity contribution in [3.63, 3.8) is 0 Å². The summed E-state index contributed by atoms with van der Waals surface area (Å²) in [6.45, 7) is 5.53. The van der Waals surface area contributed by atoms with E-state index in [0.29, 0.717) is 24.0 Å². The van der Waals surface area contributed by atoms with Crippen LogP contribution in [0.15, 0.2) is 95.4 Å². The number of hydrogen-bond donors (Lipinski definition) is 1. The van der Waals surface area contributed by atoms with E-state index in [9.17, 15) is 14.7 Å². The Hall–Kier alpha value is -5.05. The van der Waals surface area contributed by atoms with E-state index in [-0.39, 0.29) is 11.7 Å². The van der Waals surface area contributed by atoms with Gasteiger partial charge in [0, 0.05) is 11.5 Å². The number of oxazole rings is 1. The molecule has 0 aliphatic rings. The Morgan fingerprint density at radius 3 is 2.24 bits per heavy atom. The molecule has 1 heterocycles. The minimum Gasteiger partial charge on any atom is -0.497 e. The zero-order valence-electron chi connectivity index (χ0n) is 24.0. The lowest BCUT2D eigenvalue weighted by atomic mass is 10.1. The molecule has 0 fully saturated rings. The number of rotatable bonds is 12. The summed E-state index contributed by atoms with van der Waals surface area (Å²) in [7, 11) is 1.54. The Bertz CT molecular complexity index is 1500. The molecule has 0 aliphatic carbocycles. The Morgan fingerprint density at radius 2 is 1.60 bits per heavy atom. The van der Waals surface area contributed by atoms with Crippen molar-refractivity contribution in [3.8, 4) is 28.7 Å². The van der Waals surface area contributed by atoms with Gasteiger partial charge in [-0.3, -0.25) is 9.69 Å². The number of allylic oxidation sites excluding steroid dienone is 1. The third-order valence-electron chi connectivity index (χ3n) is 6.69. The molecule has 0 spiro atoms. The Morgan fingerprint density at radius 1 is 0.952 bits per heavy atom. The number of carboxylic acid groups (broad SMARTS) is 1. The number of carboxylic acids is 1. The third kappa shape index (κ3) is 7.78. The average Bonchev–Trinajstić information content (AvgIpc) is 3.40. The van der Waals surface area contributed by atoms with E-state index in [4.69, 9.17) is 18.6 Å². The molecule has 1 N–H and O–H groups in total. The molecule has 42 heavy (non-hydrogen) atoms. The van der Waals surface area contributed by atoms with E-state index in [1.165, 1.54) is 7.11 Å². The summed E-state index contributed by atoms with van der Waals surface area (Å²) in [5.41, 5.74) is 2.54. The van der Waals surface area contributed by atoms with Crippen LogP contribution in [0.25, 0.3) is 11.5 Å². The summed E-state index contributed by atoms with van der Waals surface area (Å²) in [4.78, 5) is 30.2. The second kappa shape index (κ2) is 14.0. The predicted octanol–water partition coefficient (Wildman–Crippen LogP) is 7.04. The van der Waals surface area contributed by atoms with Gasteiger partial charge < -0.3 is 23.7 Å². The molecule has 0 bridgehead atoms. The summed E-state index contributed by atoms with van der Waals surface area (Å²) in [6, 6.07) is 22.8. The van der Waals surface area contributed by atoms with Gasteiger partial charge in [-0.1, -0.05) is 49.4 Å². The monoisotopic (exact) mass is 570 g/mol. The van der Waals surface area contributed by atoms with Crippen molar-refractivity contribution in [1.29, 1.82) is 0 Å². The van der Waals surface area contributed by atoms with Crippen LogP contribution in [0.5, 0.6) is 17.2 Å². The lowest BCUT2D eigenvalue weighted by Crippen LogP contribution is -2.39. The molecule has 218 valence electrons. The zero-order valence-corrected chi connectivity index (χ0v) is 24.0. The normalized spacial score (nSPS) is 12.5. The van der Waals surface area contributed by atoms with Crippen LogP contribution in [0, 0.1) is 6.92 Å². The highest BCUT2D eigenvalue weighted by Gasteiger charge is 2.26. The van der Waals surface area contributed by atoms with Gasteiger partial charge >= 0.3 is 12.1 Å². The molecule has 1 amide bonds. The molecule has 0 radical (unpaired) electrons. The van der Waals surface area contributed by atoms with E-state index >= 15 is 0 Å². The van der Waals surface area contributed by atoms with Gasteiger partial charge in [0.1, 0.15) is 36.2 Å². The maximum absolute atomic E-state index is 12.9. The third-order valence-corrected chi connectivity index (χ3v) is 6.69. The number of amides is 1. The summed E-state index contributed by atoms with van der Waals surface area (Å²) in [5, 5.41) is 9.41. The fourth-order valence-electron chi connectivity index (χ4n) is 4.36. The molecule has 4 rings (SSSR count). The van der Waals surface area contributed by atoms with Crippen molar-refractivity contribution in [2.45, 2.75) is 32.7 Å². The fourth-order valence-corrected chi connectivity index (χ4v) is 4.36. The second-order valence-corrected chi connectivity index (χ2v) is 9.66. The van der Waals surface area contributed by atoms with Crippen LogP contribution in [-0.4, -0.2) is 47.3 Å². The topological polar surface area (TPSA) is 111 Å². The molecule has 1 aromatic heterocycles. The predicted molar refractivity (Wildman–Crippen MR) is 158 cm³/mol. The van der Waals surface area contributed by atoms with Gasteiger partial charge in [0.05, 0.1) is 18.8 Å². The molecule has 0 saturated heterocycles. The maximum atomic E-state index is 12.9. The molecule has 1 unspecified atom stereocenters. The number of aryl methyl sites for hydroxylation is 1. The van der Waals surface area contributed by atoms with E-state index in [1.54, 1.807) is 55.5 Å². The molecule has 0 saturated carbocycles. The first kappa shape index (κ1) is 29.9. The highest BCUT2D eigenvalue weighted by atomic mass is 16.6. The van der Waals surface area contributed by atoms with Gasteiger partial charge in [0.25, 0.3) is 0 Å². The smallest absolute Gasteiger partial charge is 0.416 e. The summed E-state index contributed by atoms with van der Waals surface area (Å²) in [5.74, 6) is 1.80. The standard InChI is InChI=1S/C33H34N2O7/c1-22(31-24(3)41-32(34-31)26-10-6-5-7-11-26)9-8-20-40-28-14-12-25(13-15-28)23(2)35(21-30(36)37)33(38)42-29-18-16-27(39-4)17-19-29/h5-19,22-23H,20-21H2,1-4H3,(H,36,37)/b9-8+/t22?,23-/m1/s1. The van der Waals surface area contributed by atoms with Crippen LogP contribution in [-0.2, 0) is 4.79 Å². The maximum Gasteiger partial charge on any atom is 0.416 e. The average molecular weight is 571 g/mol. The Labute approximate surface area is 245 Å². The minimum atomic E-state index is -1.15. The van der Waals surface area contributed by atoms with Crippen molar-refractivity contribution >= 4 is 12.1 Å². The number of hydrogen-bond acceptors (Lipinski definition) is 7. The van der Waals surface area contributed by atoms with Crippen molar-refractivity contribution in [2.75, 3.05) is 20.3 Å². The van der Waals surface area contributed by atoms with E-state index in [1.807, 2.05) is 49.4 Å². The molecule has 3 aromatic carbocycles. The Kier molecular flexibility index (Phi) is 9.99. The quantitative estimate of drug-likeness (QED) is 0.181. The molecule has 9 heteroatoms. The first-order valence-corrected chi connectivity index (χ1v) is 13.5. The molecule has 9 nitrogen and oxygen atoms in total. The van der Waals surface area contributed by atoms with Gasteiger partial charge in [0.2, 0.25) is 5.89 Å². The van der Waals surface area contributed by atoms with Crippen molar-refractivity contribution in [3.05, 3.63) is 108 Å².